The van der Waals surface area contributed by atoms with Gasteiger partial charge in [-0.2, -0.15) is 13.2 Å². The molecule has 0 spiro atoms. The molecule has 6 nitrogen and oxygen atoms in total. The lowest BCUT2D eigenvalue weighted by Gasteiger charge is -2.11. The smallest absolute Gasteiger partial charge is 0.420 e. The maximum absolute atomic E-state index is 12.4. The van der Waals surface area contributed by atoms with E-state index in [1.807, 2.05) is 6.07 Å². The van der Waals surface area contributed by atoms with Crippen LogP contribution in [-0.2, 0) is 11.2 Å². The molecule has 1 amide bonds. The van der Waals surface area contributed by atoms with E-state index in [0.29, 0.717) is 28.9 Å². The van der Waals surface area contributed by atoms with Crippen LogP contribution in [0.5, 0.6) is 5.75 Å². The third-order valence-corrected chi connectivity index (χ3v) is 4.79. The number of nitrogens with one attached hydrogen (secondary N) is 2. The number of aromatic nitrogens is 2. The number of aromatic amines is 1. The highest BCUT2D eigenvalue weighted by molar-refractivity contribution is 5.97. The third kappa shape index (κ3) is 3.78. The summed E-state index contributed by atoms with van der Waals surface area (Å²) in [6, 6.07) is 9.60. The maximum atomic E-state index is 12.4. The van der Waals surface area contributed by atoms with Crippen molar-refractivity contribution in [2.24, 2.45) is 0 Å². The van der Waals surface area contributed by atoms with Gasteiger partial charge in [-0.05, 0) is 48.9 Å². The average Bonchev–Trinajstić information content (AvgIpc) is 3.13. The summed E-state index contributed by atoms with van der Waals surface area (Å²) in [5.74, 6) is -2.58. The Bertz CT molecular complexity index is 1150. The molecule has 0 saturated heterocycles. The molecular formula is C21H16F3N3O3. The van der Waals surface area contributed by atoms with E-state index < -0.39 is 12.1 Å². The van der Waals surface area contributed by atoms with Gasteiger partial charge >= 0.3 is 12.1 Å². The van der Waals surface area contributed by atoms with Gasteiger partial charge in [0.2, 0.25) is 0 Å². The van der Waals surface area contributed by atoms with Crippen molar-refractivity contribution in [2.75, 3.05) is 6.54 Å². The Morgan fingerprint density at radius 2 is 1.93 bits per heavy atom. The molecule has 0 saturated carbocycles. The molecule has 154 valence electrons. The van der Waals surface area contributed by atoms with Gasteiger partial charge in [0.15, 0.2) is 0 Å². The Hall–Kier alpha value is -3.62. The van der Waals surface area contributed by atoms with Gasteiger partial charge in [-0.3, -0.25) is 9.78 Å². The number of rotatable bonds is 3. The zero-order valence-corrected chi connectivity index (χ0v) is 15.8. The first-order valence-electron chi connectivity index (χ1n) is 9.09. The van der Waals surface area contributed by atoms with Crippen LogP contribution in [0.4, 0.5) is 13.2 Å². The molecule has 9 heteroatoms. The molecule has 0 unspecified atom stereocenters. The van der Waals surface area contributed by atoms with Gasteiger partial charge in [0.25, 0.3) is 5.91 Å². The number of nitrogens with zero attached hydrogens (tertiary/aromatic N) is 1. The summed E-state index contributed by atoms with van der Waals surface area (Å²) in [5, 5.41) is 2.80. The lowest BCUT2D eigenvalue weighted by atomic mass is 10.0. The van der Waals surface area contributed by atoms with Crippen LogP contribution < -0.4 is 10.1 Å². The fourth-order valence-corrected chi connectivity index (χ4v) is 3.35. The van der Waals surface area contributed by atoms with Crippen molar-refractivity contribution in [1.82, 2.24) is 15.3 Å². The summed E-state index contributed by atoms with van der Waals surface area (Å²) in [4.78, 5) is 30.6. The largest absolute Gasteiger partial charge is 0.491 e. The number of benzene rings is 1. The molecule has 1 aliphatic heterocycles. The van der Waals surface area contributed by atoms with Crippen LogP contribution in [0.1, 0.15) is 21.6 Å². The number of esters is 1. The fraction of sp³-hybridized carbons (Fsp3) is 0.190. The van der Waals surface area contributed by atoms with Gasteiger partial charge < -0.3 is 15.0 Å². The van der Waals surface area contributed by atoms with Crippen LogP contribution in [-0.4, -0.2) is 34.6 Å². The molecule has 0 aliphatic carbocycles. The van der Waals surface area contributed by atoms with Crippen LogP contribution in [0, 0.1) is 6.92 Å². The van der Waals surface area contributed by atoms with Crippen molar-refractivity contribution < 1.29 is 27.5 Å². The molecule has 0 fully saturated rings. The van der Waals surface area contributed by atoms with Gasteiger partial charge in [0, 0.05) is 41.7 Å². The number of amides is 1. The van der Waals surface area contributed by atoms with Gasteiger partial charge in [0.05, 0.1) is 11.3 Å². The normalized spacial score (nSPS) is 13.5. The Morgan fingerprint density at radius 1 is 1.13 bits per heavy atom. The highest BCUT2D eigenvalue weighted by atomic mass is 19.4. The number of fused-ring (bicyclic) bond motifs is 1. The number of alkyl halides is 3. The lowest BCUT2D eigenvalue weighted by molar-refractivity contribution is -0.189. The maximum Gasteiger partial charge on any atom is 0.491 e. The van der Waals surface area contributed by atoms with Crippen LogP contribution in [0.2, 0.25) is 0 Å². The topological polar surface area (TPSA) is 84.1 Å². The summed E-state index contributed by atoms with van der Waals surface area (Å²) in [5.41, 5.74) is 4.94. The van der Waals surface area contributed by atoms with Crippen LogP contribution >= 0.6 is 0 Å². The number of pyridine rings is 1. The monoisotopic (exact) mass is 415 g/mol. The minimum absolute atomic E-state index is 0.118. The van der Waals surface area contributed by atoms with Crippen LogP contribution in [0.25, 0.3) is 22.5 Å². The molecule has 3 heterocycles. The van der Waals surface area contributed by atoms with Crippen molar-refractivity contribution in [2.45, 2.75) is 19.5 Å². The number of aryl methyl sites for hydroxylation is 1. The lowest BCUT2D eigenvalue weighted by Crippen LogP contribution is -2.31. The van der Waals surface area contributed by atoms with Gasteiger partial charge in [-0.25, -0.2) is 4.79 Å². The minimum atomic E-state index is -5.06. The molecule has 2 aromatic heterocycles. The Labute approximate surface area is 169 Å². The number of hydrogen-bond donors (Lipinski definition) is 2. The van der Waals surface area contributed by atoms with E-state index in [0.717, 1.165) is 23.4 Å². The second kappa shape index (κ2) is 7.33. The highest BCUT2D eigenvalue weighted by Crippen LogP contribution is 2.30. The van der Waals surface area contributed by atoms with Crippen molar-refractivity contribution >= 4 is 11.9 Å². The predicted octanol–water partition coefficient (Wildman–Crippen LogP) is 3.81. The Balaban J connectivity index is 1.63. The molecule has 0 radical (unpaired) electrons. The van der Waals surface area contributed by atoms with E-state index in [2.05, 4.69) is 20.0 Å². The third-order valence-electron chi connectivity index (χ3n) is 4.79. The second-order valence-corrected chi connectivity index (χ2v) is 6.87. The number of carbonyl (C=O) groups excluding carboxylic acids is 2. The predicted molar refractivity (Wildman–Crippen MR) is 102 cm³/mol. The zero-order valence-electron chi connectivity index (χ0n) is 15.8. The molecule has 3 aromatic rings. The van der Waals surface area contributed by atoms with Crippen molar-refractivity contribution in [3.63, 3.8) is 0 Å². The molecule has 4 rings (SSSR count). The van der Waals surface area contributed by atoms with Crippen LogP contribution in [0.3, 0.4) is 0 Å². The van der Waals surface area contributed by atoms with E-state index in [1.54, 1.807) is 31.3 Å². The average molecular weight is 415 g/mol. The van der Waals surface area contributed by atoms with Crippen molar-refractivity contribution in [1.29, 1.82) is 0 Å². The SMILES string of the molecule is Cc1cc(OC(=O)C(F)(F)F)ccc1-c1cc(-c2cc3c([nH]2)CCNC3=O)ccn1. The number of ether oxygens (including phenoxy) is 1. The molecule has 30 heavy (non-hydrogen) atoms. The number of halogens is 3. The fourth-order valence-electron chi connectivity index (χ4n) is 3.35. The molecular weight excluding hydrogens is 399 g/mol. The standard InChI is InChI=1S/C21H16F3N3O3/c1-11-8-13(30-20(29)21(22,23)24)2-3-14(11)18-9-12(4-6-25-18)17-10-15-16(27-17)5-7-26-19(15)28/h2-4,6,8-10,27H,5,7H2,1H3,(H,26,28). The van der Waals surface area contributed by atoms with E-state index >= 15 is 0 Å². The molecule has 1 aromatic carbocycles. The summed E-state index contributed by atoms with van der Waals surface area (Å²) in [6.45, 7) is 2.27. The van der Waals surface area contributed by atoms with Crippen molar-refractivity contribution in [3.05, 3.63) is 59.4 Å². The van der Waals surface area contributed by atoms with Gasteiger partial charge in [-0.15, -0.1) is 0 Å². The Kier molecular flexibility index (Phi) is 4.81. The summed E-state index contributed by atoms with van der Waals surface area (Å²) < 4.78 is 41.5. The van der Waals surface area contributed by atoms with E-state index in [1.165, 1.54) is 12.1 Å². The summed E-state index contributed by atoms with van der Waals surface area (Å²) in [6.07, 6.45) is -2.73. The Morgan fingerprint density at radius 3 is 2.63 bits per heavy atom. The number of hydrogen-bond acceptors (Lipinski definition) is 4. The molecule has 0 atom stereocenters. The zero-order chi connectivity index (χ0) is 21.5. The first kappa shape index (κ1) is 19.7. The first-order chi connectivity index (χ1) is 14.2. The van der Waals surface area contributed by atoms with E-state index in [-0.39, 0.29) is 11.7 Å². The first-order valence-corrected chi connectivity index (χ1v) is 9.09. The second-order valence-electron chi connectivity index (χ2n) is 6.87. The number of carbonyl (C=O) groups is 2. The molecule has 2 N–H and O–H groups in total. The van der Waals surface area contributed by atoms with Crippen LogP contribution in [0.15, 0.2) is 42.6 Å². The molecule has 1 aliphatic rings. The quantitative estimate of drug-likeness (QED) is 0.503. The highest BCUT2D eigenvalue weighted by Gasteiger charge is 2.41. The van der Waals surface area contributed by atoms with Gasteiger partial charge in [-0.1, -0.05) is 0 Å². The summed E-state index contributed by atoms with van der Waals surface area (Å²) in [7, 11) is 0. The van der Waals surface area contributed by atoms with Gasteiger partial charge in [0.1, 0.15) is 5.75 Å². The summed E-state index contributed by atoms with van der Waals surface area (Å²) >= 11 is 0. The minimum Gasteiger partial charge on any atom is -0.420 e. The van der Waals surface area contributed by atoms with E-state index in [9.17, 15) is 22.8 Å². The van der Waals surface area contributed by atoms with Crippen molar-refractivity contribution in [3.8, 4) is 28.3 Å². The number of H-pyrrole nitrogens is 1. The molecule has 0 bridgehead atoms. The van der Waals surface area contributed by atoms with E-state index in [4.69, 9.17) is 0 Å².